The average Bonchev–Trinajstić information content (AvgIpc) is 3.27. The quantitative estimate of drug-likeness (QED) is 0.632. The van der Waals surface area contributed by atoms with Crippen molar-refractivity contribution in [1.82, 2.24) is 4.90 Å². The standard InChI is InChI=1S/C18H23NO3/c1-2-21-16(20)17-9-8-15(18(17)13-22-18)11-19(12-17)10-14-6-4-3-5-7-14/h3-7,15H,2,8-13H2,1H3. The second-order valence-corrected chi connectivity index (χ2v) is 6.87. The zero-order valence-corrected chi connectivity index (χ0v) is 13.1. The molecule has 118 valence electrons. The van der Waals surface area contributed by atoms with Crippen LogP contribution in [0.25, 0.3) is 0 Å². The van der Waals surface area contributed by atoms with Crippen molar-refractivity contribution in [2.75, 3.05) is 26.3 Å². The molecule has 0 radical (unpaired) electrons. The first-order valence-electron chi connectivity index (χ1n) is 8.28. The fourth-order valence-electron chi connectivity index (χ4n) is 4.63. The van der Waals surface area contributed by atoms with E-state index in [4.69, 9.17) is 9.47 Å². The maximum atomic E-state index is 12.7. The van der Waals surface area contributed by atoms with Crippen molar-refractivity contribution in [3.05, 3.63) is 35.9 Å². The second kappa shape index (κ2) is 5.07. The predicted octanol–water partition coefficient (Wildman–Crippen LogP) is 2.23. The first-order chi connectivity index (χ1) is 10.7. The Hall–Kier alpha value is -1.39. The van der Waals surface area contributed by atoms with Gasteiger partial charge in [-0.15, -0.1) is 0 Å². The number of carbonyl (C=O) groups is 1. The van der Waals surface area contributed by atoms with Gasteiger partial charge in [-0.3, -0.25) is 9.69 Å². The third kappa shape index (κ3) is 1.94. The summed E-state index contributed by atoms with van der Waals surface area (Å²) in [7, 11) is 0. The number of hydrogen-bond donors (Lipinski definition) is 0. The highest BCUT2D eigenvalue weighted by molar-refractivity contribution is 5.80. The van der Waals surface area contributed by atoms with Crippen molar-refractivity contribution in [3.8, 4) is 0 Å². The lowest BCUT2D eigenvalue weighted by Gasteiger charge is -2.43. The molecule has 2 heterocycles. The van der Waals surface area contributed by atoms with Gasteiger partial charge in [0.1, 0.15) is 11.0 Å². The van der Waals surface area contributed by atoms with Crippen LogP contribution in [-0.4, -0.2) is 42.8 Å². The minimum Gasteiger partial charge on any atom is -0.465 e. The van der Waals surface area contributed by atoms with Gasteiger partial charge < -0.3 is 9.47 Å². The van der Waals surface area contributed by atoms with E-state index in [1.165, 1.54) is 5.56 Å². The van der Waals surface area contributed by atoms with Crippen LogP contribution in [-0.2, 0) is 20.8 Å². The van der Waals surface area contributed by atoms with E-state index in [1.54, 1.807) is 0 Å². The first-order valence-corrected chi connectivity index (χ1v) is 8.28. The number of hydrogen-bond acceptors (Lipinski definition) is 4. The summed E-state index contributed by atoms with van der Waals surface area (Å²) in [5.41, 5.74) is 0.640. The van der Waals surface area contributed by atoms with E-state index in [0.29, 0.717) is 12.5 Å². The van der Waals surface area contributed by atoms with Crippen LogP contribution in [0.15, 0.2) is 30.3 Å². The van der Waals surface area contributed by atoms with E-state index < -0.39 is 5.41 Å². The maximum absolute atomic E-state index is 12.7. The number of benzene rings is 1. The molecule has 2 saturated heterocycles. The number of epoxide rings is 1. The van der Waals surface area contributed by atoms with Crippen LogP contribution >= 0.6 is 0 Å². The van der Waals surface area contributed by atoms with Gasteiger partial charge in [0.2, 0.25) is 0 Å². The molecule has 3 atom stereocenters. The normalized spacial score (nSPS) is 36.5. The van der Waals surface area contributed by atoms with Crippen LogP contribution in [0.1, 0.15) is 25.3 Å². The monoisotopic (exact) mass is 301 g/mol. The van der Waals surface area contributed by atoms with Gasteiger partial charge in [0, 0.05) is 25.6 Å². The van der Waals surface area contributed by atoms with Gasteiger partial charge >= 0.3 is 5.97 Å². The summed E-state index contributed by atoms with van der Waals surface area (Å²) in [6, 6.07) is 10.5. The highest BCUT2D eigenvalue weighted by Gasteiger charge is 2.75. The summed E-state index contributed by atoms with van der Waals surface area (Å²) in [6.45, 7) is 5.74. The molecule has 1 aliphatic carbocycles. The highest BCUT2D eigenvalue weighted by Crippen LogP contribution is 2.62. The molecule has 3 fully saturated rings. The molecule has 3 unspecified atom stereocenters. The van der Waals surface area contributed by atoms with E-state index in [2.05, 4.69) is 29.2 Å². The number of piperidine rings is 1. The third-order valence-corrected chi connectivity index (χ3v) is 5.73. The molecule has 22 heavy (non-hydrogen) atoms. The molecular formula is C18H23NO3. The highest BCUT2D eigenvalue weighted by atomic mass is 16.6. The number of ether oxygens (including phenoxy) is 2. The van der Waals surface area contributed by atoms with Crippen molar-refractivity contribution < 1.29 is 14.3 Å². The van der Waals surface area contributed by atoms with Crippen LogP contribution in [0, 0.1) is 11.3 Å². The summed E-state index contributed by atoms with van der Waals surface area (Å²) in [6.07, 6.45) is 1.98. The molecule has 3 aliphatic rings. The van der Waals surface area contributed by atoms with E-state index >= 15 is 0 Å². The molecule has 1 saturated carbocycles. The van der Waals surface area contributed by atoms with Gasteiger partial charge in [-0.1, -0.05) is 30.3 Å². The molecule has 4 rings (SSSR count). The summed E-state index contributed by atoms with van der Waals surface area (Å²) >= 11 is 0. The molecule has 1 spiro atoms. The fraction of sp³-hybridized carbons (Fsp3) is 0.611. The number of carbonyl (C=O) groups excluding carboxylic acids is 1. The Labute approximate surface area is 131 Å². The van der Waals surface area contributed by atoms with E-state index in [1.807, 2.05) is 13.0 Å². The Morgan fingerprint density at radius 2 is 2.18 bits per heavy atom. The van der Waals surface area contributed by atoms with Gasteiger partial charge in [-0.05, 0) is 25.3 Å². The van der Waals surface area contributed by atoms with E-state index in [-0.39, 0.29) is 11.6 Å². The Morgan fingerprint density at radius 1 is 1.41 bits per heavy atom. The lowest BCUT2D eigenvalue weighted by atomic mass is 9.72. The number of nitrogens with zero attached hydrogens (tertiary/aromatic N) is 1. The van der Waals surface area contributed by atoms with Crippen LogP contribution in [0.4, 0.5) is 0 Å². The van der Waals surface area contributed by atoms with E-state index in [0.717, 1.165) is 39.1 Å². The second-order valence-electron chi connectivity index (χ2n) is 6.87. The van der Waals surface area contributed by atoms with Gasteiger partial charge in [-0.2, -0.15) is 0 Å². The molecule has 0 N–H and O–H groups in total. The third-order valence-electron chi connectivity index (χ3n) is 5.73. The van der Waals surface area contributed by atoms with Crippen molar-refractivity contribution in [1.29, 1.82) is 0 Å². The first kappa shape index (κ1) is 14.2. The summed E-state index contributed by atoms with van der Waals surface area (Å²) in [5, 5.41) is 0. The SMILES string of the molecule is CCOC(=O)C12CCC(CN(Cc3ccccc3)C1)C21CO1. The van der Waals surface area contributed by atoms with Crippen LogP contribution < -0.4 is 0 Å². The molecule has 1 aromatic carbocycles. The molecule has 0 aromatic heterocycles. The molecular weight excluding hydrogens is 278 g/mol. The molecule has 2 aliphatic heterocycles. The van der Waals surface area contributed by atoms with Crippen LogP contribution in [0.3, 0.4) is 0 Å². The Morgan fingerprint density at radius 3 is 2.86 bits per heavy atom. The Kier molecular flexibility index (Phi) is 3.27. The summed E-state index contributed by atoms with van der Waals surface area (Å²) in [4.78, 5) is 15.1. The maximum Gasteiger partial charge on any atom is 0.316 e. The van der Waals surface area contributed by atoms with Crippen molar-refractivity contribution in [2.45, 2.75) is 31.9 Å². The molecule has 2 bridgehead atoms. The van der Waals surface area contributed by atoms with Crippen molar-refractivity contribution >= 4 is 5.97 Å². The lowest BCUT2D eigenvalue weighted by molar-refractivity contribution is -0.164. The molecule has 4 heteroatoms. The van der Waals surface area contributed by atoms with Crippen molar-refractivity contribution in [2.24, 2.45) is 11.3 Å². The van der Waals surface area contributed by atoms with Crippen LogP contribution in [0.5, 0.6) is 0 Å². The van der Waals surface area contributed by atoms with Crippen molar-refractivity contribution in [3.63, 3.8) is 0 Å². The predicted molar refractivity (Wildman–Crippen MR) is 82.2 cm³/mol. The van der Waals surface area contributed by atoms with Gasteiger partial charge in [0.15, 0.2) is 0 Å². The summed E-state index contributed by atoms with van der Waals surface area (Å²) < 4.78 is 11.3. The largest absolute Gasteiger partial charge is 0.465 e. The fourth-order valence-corrected chi connectivity index (χ4v) is 4.63. The number of rotatable bonds is 4. The zero-order valence-electron chi connectivity index (χ0n) is 13.1. The lowest BCUT2D eigenvalue weighted by Crippen LogP contribution is -2.58. The van der Waals surface area contributed by atoms with E-state index in [9.17, 15) is 4.79 Å². The Bertz CT molecular complexity index is 569. The minimum absolute atomic E-state index is 0.0484. The van der Waals surface area contributed by atoms with Crippen LogP contribution in [0.2, 0.25) is 0 Å². The van der Waals surface area contributed by atoms with Gasteiger partial charge in [-0.25, -0.2) is 0 Å². The topological polar surface area (TPSA) is 42.1 Å². The minimum atomic E-state index is -0.444. The zero-order chi connectivity index (χ0) is 15.2. The molecule has 4 nitrogen and oxygen atoms in total. The van der Waals surface area contributed by atoms with Gasteiger partial charge in [0.25, 0.3) is 0 Å². The summed E-state index contributed by atoms with van der Waals surface area (Å²) in [5.74, 6) is 0.419. The number of likely N-dealkylation sites (tertiary alicyclic amines) is 1. The molecule has 1 aromatic rings. The number of esters is 1. The molecule has 0 amide bonds. The average molecular weight is 301 g/mol. The Balaban J connectivity index is 1.58. The smallest absolute Gasteiger partial charge is 0.316 e. The van der Waals surface area contributed by atoms with Gasteiger partial charge in [0.05, 0.1) is 13.2 Å².